The van der Waals surface area contributed by atoms with Gasteiger partial charge in [0.15, 0.2) is 17.5 Å². The summed E-state index contributed by atoms with van der Waals surface area (Å²) in [6, 6.07) is 0.678. The van der Waals surface area contributed by atoms with E-state index < -0.39 is 23.5 Å². The Morgan fingerprint density at radius 2 is 1.97 bits per heavy atom. The topological polar surface area (TPSA) is 77.2 Å². The predicted molar refractivity (Wildman–Crippen MR) is 100 cm³/mol. The van der Waals surface area contributed by atoms with Gasteiger partial charge >= 0.3 is 6.03 Å². The van der Waals surface area contributed by atoms with Gasteiger partial charge in [-0.3, -0.25) is 4.68 Å². The van der Waals surface area contributed by atoms with Crippen LogP contribution in [0.5, 0.6) is 0 Å². The van der Waals surface area contributed by atoms with E-state index in [1.54, 1.807) is 28.9 Å². The van der Waals surface area contributed by atoms with Crippen molar-refractivity contribution in [2.75, 3.05) is 12.4 Å². The zero-order valence-electron chi connectivity index (χ0n) is 16.3. The molecule has 1 aromatic carbocycles. The van der Waals surface area contributed by atoms with E-state index in [2.05, 4.69) is 15.5 Å². The Morgan fingerprint density at radius 3 is 2.67 bits per heavy atom. The molecule has 2 amide bonds. The summed E-state index contributed by atoms with van der Waals surface area (Å²) < 4.78 is 48.6. The van der Waals surface area contributed by atoms with Crippen molar-refractivity contribution >= 4 is 11.7 Å². The van der Waals surface area contributed by atoms with Gasteiger partial charge in [0.1, 0.15) is 5.69 Å². The number of ether oxygens (including phenoxy) is 1. The first kappa shape index (κ1) is 20.0. The molecule has 0 spiro atoms. The van der Waals surface area contributed by atoms with Crippen LogP contribution in [-0.2, 0) is 24.4 Å². The summed E-state index contributed by atoms with van der Waals surface area (Å²) in [5.41, 5.74) is 2.18. The van der Waals surface area contributed by atoms with E-state index in [0.29, 0.717) is 18.8 Å². The van der Waals surface area contributed by atoms with Crippen LogP contribution in [0.4, 0.5) is 23.7 Å². The number of methoxy groups -OCH3 is 1. The van der Waals surface area contributed by atoms with Crippen LogP contribution < -0.4 is 5.32 Å². The van der Waals surface area contributed by atoms with Crippen LogP contribution in [0.3, 0.4) is 0 Å². The van der Waals surface area contributed by atoms with Crippen LogP contribution in [0, 0.1) is 17.5 Å². The highest BCUT2D eigenvalue weighted by atomic mass is 19.2. The second kappa shape index (κ2) is 7.82. The first-order chi connectivity index (χ1) is 14.4. The number of benzene rings is 1. The molecule has 0 fully saturated rings. The molecule has 0 saturated heterocycles. The van der Waals surface area contributed by atoms with Crippen molar-refractivity contribution in [2.45, 2.75) is 32.7 Å². The lowest BCUT2D eigenvalue weighted by atomic mass is 10.2. The average molecular weight is 420 g/mol. The van der Waals surface area contributed by atoms with Crippen LogP contribution in [0.1, 0.15) is 18.2 Å². The van der Waals surface area contributed by atoms with Gasteiger partial charge in [-0.05, 0) is 6.92 Å². The zero-order chi connectivity index (χ0) is 21.4. The van der Waals surface area contributed by atoms with Crippen molar-refractivity contribution in [1.82, 2.24) is 24.5 Å². The fraction of sp³-hybridized carbons (Fsp3) is 0.316. The van der Waals surface area contributed by atoms with Crippen molar-refractivity contribution in [3.8, 4) is 5.69 Å². The number of aromatic nitrogens is 4. The molecule has 30 heavy (non-hydrogen) atoms. The highest BCUT2D eigenvalue weighted by Crippen LogP contribution is 2.25. The monoisotopic (exact) mass is 420 g/mol. The van der Waals surface area contributed by atoms with E-state index in [1.165, 1.54) is 4.90 Å². The first-order valence-electron chi connectivity index (χ1n) is 9.17. The first-order valence-corrected chi connectivity index (χ1v) is 9.17. The number of nitrogens with one attached hydrogen (secondary N) is 1. The van der Waals surface area contributed by atoms with Crippen molar-refractivity contribution < 1.29 is 22.7 Å². The third-order valence-corrected chi connectivity index (χ3v) is 4.91. The van der Waals surface area contributed by atoms with Crippen molar-refractivity contribution in [2.24, 2.45) is 0 Å². The maximum absolute atomic E-state index is 13.5. The van der Waals surface area contributed by atoms with Crippen LogP contribution in [0.25, 0.3) is 5.69 Å². The number of carbonyl (C=O) groups excluding carboxylic acids is 1. The quantitative estimate of drug-likeness (QED) is 0.659. The number of urea groups is 1. The minimum atomic E-state index is -1.58. The third kappa shape index (κ3) is 3.63. The lowest BCUT2D eigenvalue weighted by Crippen LogP contribution is -2.47. The zero-order valence-corrected chi connectivity index (χ0v) is 16.3. The number of halogens is 3. The molecule has 3 aromatic rings. The van der Waals surface area contributed by atoms with E-state index >= 15 is 0 Å². The fourth-order valence-corrected chi connectivity index (χ4v) is 3.41. The van der Waals surface area contributed by atoms with E-state index in [-0.39, 0.29) is 18.3 Å². The smallest absolute Gasteiger partial charge is 0.322 e. The van der Waals surface area contributed by atoms with Crippen molar-refractivity contribution in [1.29, 1.82) is 0 Å². The Labute approximate surface area is 169 Å². The third-order valence-electron chi connectivity index (χ3n) is 4.91. The van der Waals surface area contributed by atoms with Gasteiger partial charge < -0.3 is 15.0 Å². The normalized spacial score (nSPS) is 15.9. The highest BCUT2D eigenvalue weighted by molar-refractivity contribution is 5.89. The van der Waals surface area contributed by atoms with E-state index in [0.717, 1.165) is 23.4 Å². The van der Waals surface area contributed by atoms with Crippen molar-refractivity contribution in [3.63, 3.8) is 0 Å². The Kier molecular flexibility index (Phi) is 5.20. The molecule has 158 valence electrons. The summed E-state index contributed by atoms with van der Waals surface area (Å²) in [5, 5.41) is 11.1. The molecular formula is C19H19F3N6O2. The highest BCUT2D eigenvalue weighted by Gasteiger charge is 2.30. The minimum absolute atomic E-state index is 0.167. The molecule has 1 atom stereocenters. The lowest BCUT2D eigenvalue weighted by molar-refractivity contribution is 0.161. The van der Waals surface area contributed by atoms with Gasteiger partial charge in [-0.25, -0.2) is 22.6 Å². The predicted octanol–water partition coefficient (Wildman–Crippen LogP) is 3.07. The number of hydrogen-bond donors (Lipinski definition) is 1. The average Bonchev–Trinajstić information content (AvgIpc) is 3.32. The maximum atomic E-state index is 13.5. The molecule has 0 saturated carbocycles. The number of hydrogen-bond acceptors (Lipinski definition) is 4. The molecule has 1 aliphatic rings. The van der Waals surface area contributed by atoms with Gasteiger partial charge in [0.2, 0.25) is 0 Å². The van der Waals surface area contributed by atoms with Crippen molar-refractivity contribution in [3.05, 3.63) is 59.4 Å². The summed E-state index contributed by atoms with van der Waals surface area (Å²) in [6.07, 6.45) is 5.16. The fourth-order valence-electron chi connectivity index (χ4n) is 3.41. The van der Waals surface area contributed by atoms with Crippen LogP contribution in [0.2, 0.25) is 0 Å². The molecule has 0 bridgehead atoms. The summed E-state index contributed by atoms with van der Waals surface area (Å²) >= 11 is 0. The largest absolute Gasteiger partial charge is 0.380 e. The van der Waals surface area contributed by atoms with Crippen LogP contribution in [0.15, 0.2) is 30.7 Å². The van der Waals surface area contributed by atoms with Gasteiger partial charge in [0.05, 0.1) is 43.8 Å². The van der Waals surface area contributed by atoms with E-state index in [4.69, 9.17) is 4.74 Å². The van der Waals surface area contributed by atoms with E-state index in [9.17, 15) is 18.0 Å². The molecule has 1 N–H and O–H groups in total. The number of amides is 2. The SMILES string of the molecule is COCc1cnn(-c2cnn3c2CN(C(=O)Nc2cc(F)c(F)c(F)c2)[C@@H](C)C3)c1. The molecule has 1 aliphatic heterocycles. The van der Waals surface area contributed by atoms with Gasteiger partial charge in [0.25, 0.3) is 0 Å². The Hall–Kier alpha value is -3.34. The number of nitrogens with zero attached hydrogens (tertiary/aromatic N) is 5. The Balaban J connectivity index is 1.56. The molecular weight excluding hydrogens is 401 g/mol. The summed E-state index contributed by atoms with van der Waals surface area (Å²) in [5.74, 6) is -4.33. The van der Waals surface area contributed by atoms with Gasteiger partial charge in [-0.1, -0.05) is 0 Å². The molecule has 3 heterocycles. The summed E-state index contributed by atoms with van der Waals surface area (Å²) in [4.78, 5) is 14.3. The number of rotatable bonds is 4. The van der Waals surface area contributed by atoms with Gasteiger partial charge in [-0.2, -0.15) is 10.2 Å². The second-order valence-corrected chi connectivity index (χ2v) is 7.05. The molecule has 11 heteroatoms. The molecule has 8 nitrogen and oxygen atoms in total. The lowest BCUT2D eigenvalue weighted by Gasteiger charge is -2.34. The molecule has 0 unspecified atom stereocenters. The van der Waals surface area contributed by atoms with Crippen LogP contribution in [-0.4, -0.2) is 43.6 Å². The van der Waals surface area contributed by atoms with Crippen LogP contribution >= 0.6 is 0 Å². The van der Waals surface area contributed by atoms with Gasteiger partial charge in [-0.15, -0.1) is 0 Å². The molecule has 0 aliphatic carbocycles. The Bertz CT molecular complexity index is 1070. The number of carbonyl (C=O) groups is 1. The van der Waals surface area contributed by atoms with E-state index in [1.807, 2.05) is 13.1 Å². The summed E-state index contributed by atoms with van der Waals surface area (Å²) in [6.45, 7) is 2.88. The standard InChI is InChI=1S/C19H19F3N6O2/c1-11-7-27-17(16(6-24-27)28-8-12(5-23-28)10-30-2)9-26(11)19(29)25-13-3-14(20)18(22)15(21)4-13/h3-6,8,11H,7,9-10H2,1-2H3,(H,25,29)/t11-/m0/s1. The Morgan fingerprint density at radius 1 is 1.23 bits per heavy atom. The molecule has 0 radical (unpaired) electrons. The maximum Gasteiger partial charge on any atom is 0.322 e. The number of fused-ring (bicyclic) bond motifs is 1. The number of anilines is 1. The molecule has 4 rings (SSSR count). The minimum Gasteiger partial charge on any atom is -0.380 e. The second-order valence-electron chi connectivity index (χ2n) is 7.05. The summed E-state index contributed by atoms with van der Waals surface area (Å²) in [7, 11) is 1.59. The molecule has 2 aromatic heterocycles. The van der Waals surface area contributed by atoms with Gasteiger partial charge in [0, 0.05) is 36.7 Å².